The zero-order valence-corrected chi connectivity index (χ0v) is 15.6. The Balaban J connectivity index is 2.69. The second-order valence-electron chi connectivity index (χ2n) is 6.94. The number of hydrogen-bond donors (Lipinski definition) is 0. The highest BCUT2D eigenvalue weighted by Gasteiger charge is 2.36. The molecule has 0 N–H and O–H groups in total. The van der Waals surface area contributed by atoms with Gasteiger partial charge < -0.3 is 9.16 Å². The first-order valence-corrected chi connectivity index (χ1v) is 10.6. The molecule has 1 aromatic rings. The molecule has 1 aromatic carbocycles. The molecule has 0 radical (unpaired) electrons. The summed E-state index contributed by atoms with van der Waals surface area (Å²) in [5.41, 5.74) is 0.960. The predicted octanol–water partition coefficient (Wildman–Crippen LogP) is 4.87. The van der Waals surface area contributed by atoms with Gasteiger partial charge >= 0.3 is 5.97 Å². The molecule has 1 atom stereocenters. The van der Waals surface area contributed by atoms with Gasteiger partial charge in [-0.25, -0.2) is 0 Å². The summed E-state index contributed by atoms with van der Waals surface area (Å²) >= 11 is 0. The van der Waals surface area contributed by atoms with E-state index in [2.05, 4.69) is 33.9 Å². The minimum absolute atomic E-state index is 0.190. The summed E-state index contributed by atoms with van der Waals surface area (Å²) in [6, 6.07) is 9.72. The third-order valence-electron chi connectivity index (χ3n) is 4.08. The Bertz CT molecular complexity index is 501. The topological polar surface area (TPSA) is 35.5 Å². The largest absolute Gasteiger partial charge is 0.453 e. The molecular weight excluding hydrogens is 292 g/mol. The van der Waals surface area contributed by atoms with Crippen LogP contribution in [0.2, 0.25) is 18.1 Å². The van der Waals surface area contributed by atoms with Crippen LogP contribution in [0.4, 0.5) is 0 Å². The zero-order valence-electron chi connectivity index (χ0n) is 14.6. The molecule has 22 heavy (non-hydrogen) atoms. The van der Waals surface area contributed by atoms with Crippen molar-refractivity contribution in [1.29, 1.82) is 0 Å². The zero-order chi connectivity index (χ0) is 16.8. The molecule has 0 fully saturated rings. The van der Waals surface area contributed by atoms with E-state index in [-0.39, 0.29) is 17.1 Å². The monoisotopic (exact) mass is 320 g/mol. The van der Waals surface area contributed by atoms with Crippen LogP contribution in [0.5, 0.6) is 0 Å². The summed E-state index contributed by atoms with van der Waals surface area (Å²) in [6.07, 6.45) is 3.48. The lowest BCUT2D eigenvalue weighted by molar-refractivity contribution is -0.144. The fraction of sp³-hybridized carbons (Fsp3) is 0.500. The van der Waals surface area contributed by atoms with Gasteiger partial charge in [0.2, 0.25) is 0 Å². The fourth-order valence-electron chi connectivity index (χ4n) is 1.69. The summed E-state index contributed by atoms with van der Waals surface area (Å²) in [6.45, 7) is 13.1. The molecule has 0 aliphatic rings. The summed E-state index contributed by atoms with van der Waals surface area (Å²) < 4.78 is 11.5. The average Bonchev–Trinajstić information content (AvgIpc) is 2.41. The molecule has 0 aliphatic heterocycles. The van der Waals surface area contributed by atoms with Gasteiger partial charge in [-0.2, -0.15) is 0 Å². The Morgan fingerprint density at radius 1 is 1.23 bits per heavy atom. The van der Waals surface area contributed by atoms with Gasteiger partial charge in [0.05, 0.1) is 6.61 Å². The maximum Gasteiger partial charge on any atom is 0.303 e. The van der Waals surface area contributed by atoms with Crippen LogP contribution < -0.4 is 0 Å². The number of ether oxygens (including phenoxy) is 1. The molecule has 0 bridgehead atoms. The Labute approximate surface area is 135 Å². The van der Waals surface area contributed by atoms with E-state index in [1.807, 2.05) is 42.5 Å². The van der Waals surface area contributed by atoms with Gasteiger partial charge in [0, 0.05) is 6.92 Å². The summed E-state index contributed by atoms with van der Waals surface area (Å²) in [5.74, 6) is -0.288. The molecule has 1 rings (SSSR count). The quantitative estimate of drug-likeness (QED) is 0.426. The highest BCUT2D eigenvalue weighted by molar-refractivity contribution is 6.74. The molecule has 122 valence electrons. The third-order valence-corrected chi connectivity index (χ3v) is 8.58. The molecule has 0 amide bonds. The molecule has 0 spiro atoms. The van der Waals surface area contributed by atoms with Gasteiger partial charge in [-0.05, 0) is 29.8 Å². The van der Waals surface area contributed by atoms with Crippen LogP contribution in [-0.4, -0.2) is 20.9 Å². The van der Waals surface area contributed by atoms with E-state index in [1.54, 1.807) is 0 Å². The van der Waals surface area contributed by atoms with Crippen LogP contribution in [0.3, 0.4) is 0 Å². The number of carbonyl (C=O) groups excluding carboxylic acids is 1. The van der Waals surface area contributed by atoms with E-state index in [9.17, 15) is 4.79 Å². The highest BCUT2D eigenvalue weighted by atomic mass is 28.4. The molecule has 3 nitrogen and oxygen atoms in total. The smallest absolute Gasteiger partial charge is 0.303 e. The maximum absolute atomic E-state index is 11.3. The normalized spacial score (nSPS) is 14.1. The summed E-state index contributed by atoms with van der Waals surface area (Å²) in [7, 11) is -1.75. The average molecular weight is 321 g/mol. The lowest BCUT2D eigenvalue weighted by Gasteiger charge is -2.35. The van der Waals surface area contributed by atoms with Crippen LogP contribution >= 0.6 is 0 Å². The van der Waals surface area contributed by atoms with Gasteiger partial charge in [0.1, 0.15) is 6.10 Å². The predicted molar refractivity (Wildman–Crippen MR) is 93.2 cm³/mol. The van der Waals surface area contributed by atoms with E-state index in [4.69, 9.17) is 9.16 Å². The van der Waals surface area contributed by atoms with Crippen molar-refractivity contribution >= 4 is 14.3 Å². The van der Waals surface area contributed by atoms with E-state index in [1.165, 1.54) is 6.92 Å². The van der Waals surface area contributed by atoms with Crippen molar-refractivity contribution in [1.82, 2.24) is 0 Å². The number of hydrogen-bond acceptors (Lipinski definition) is 3. The fourth-order valence-corrected chi connectivity index (χ4v) is 2.64. The van der Waals surface area contributed by atoms with Crippen molar-refractivity contribution in [3.05, 3.63) is 48.0 Å². The number of esters is 1. The van der Waals surface area contributed by atoms with Gasteiger partial charge in [-0.1, -0.05) is 57.2 Å². The Hall–Kier alpha value is -1.39. The minimum Gasteiger partial charge on any atom is -0.453 e. The lowest BCUT2D eigenvalue weighted by atomic mass is 10.1. The van der Waals surface area contributed by atoms with Crippen LogP contribution in [0.15, 0.2) is 42.5 Å². The standard InChI is InChI=1S/C18H28O3Si/c1-15(19)21-17(16-11-8-7-9-12-16)13-10-14-20-22(5,6)18(2,3)4/h7-13,17H,14H2,1-6H3/b13-10+. The Morgan fingerprint density at radius 2 is 1.82 bits per heavy atom. The van der Waals surface area contributed by atoms with Gasteiger partial charge in [0.15, 0.2) is 8.32 Å². The first-order chi connectivity index (χ1) is 10.1. The molecule has 0 heterocycles. The molecule has 0 aliphatic carbocycles. The second-order valence-corrected chi connectivity index (χ2v) is 11.7. The SMILES string of the molecule is CC(=O)OC(/C=C/CO[Si](C)(C)C(C)(C)C)c1ccccc1. The number of benzene rings is 1. The molecule has 4 heteroatoms. The van der Waals surface area contributed by atoms with Crippen LogP contribution in [0.1, 0.15) is 39.4 Å². The van der Waals surface area contributed by atoms with Crippen LogP contribution in [0.25, 0.3) is 0 Å². The lowest BCUT2D eigenvalue weighted by Crippen LogP contribution is -2.40. The van der Waals surface area contributed by atoms with E-state index < -0.39 is 8.32 Å². The molecule has 0 aromatic heterocycles. The molecule has 0 saturated carbocycles. The minimum atomic E-state index is -1.75. The van der Waals surface area contributed by atoms with Gasteiger partial charge in [0.25, 0.3) is 0 Å². The van der Waals surface area contributed by atoms with E-state index in [0.717, 1.165) is 5.56 Å². The summed E-state index contributed by atoms with van der Waals surface area (Å²) in [5, 5.41) is 0.190. The van der Waals surface area contributed by atoms with Crippen LogP contribution in [-0.2, 0) is 14.0 Å². The Morgan fingerprint density at radius 3 is 2.32 bits per heavy atom. The number of rotatable bonds is 6. The van der Waals surface area contributed by atoms with Crippen molar-refractivity contribution in [3.8, 4) is 0 Å². The van der Waals surface area contributed by atoms with Gasteiger partial charge in [-0.15, -0.1) is 0 Å². The highest BCUT2D eigenvalue weighted by Crippen LogP contribution is 2.36. The molecular formula is C18H28O3Si. The number of carbonyl (C=O) groups is 1. The first kappa shape index (κ1) is 18.7. The van der Waals surface area contributed by atoms with Crippen molar-refractivity contribution < 1.29 is 14.0 Å². The van der Waals surface area contributed by atoms with Crippen LogP contribution in [0, 0.1) is 0 Å². The molecule has 0 saturated heterocycles. The van der Waals surface area contributed by atoms with Crippen molar-refractivity contribution in [2.24, 2.45) is 0 Å². The van der Waals surface area contributed by atoms with Crippen molar-refractivity contribution in [3.63, 3.8) is 0 Å². The molecule has 1 unspecified atom stereocenters. The first-order valence-electron chi connectivity index (χ1n) is 7.66. The van der Waals surface area contributed by atoms with E-state index >= 15 is 0 Å². The second kappa shape index (κ2) is 7.74. The van der Waals surface area contributed by atoms with Crippen molar-refractivity contribution in [2.45, 2.75) is 51.9 Å². The summed E-state index contributed by atoms with van der Waals surface area (Å²) in [4.78, 5) is 11.3. The van der Waals surface area contributed by atoms with E-state index in [0.29, 0.717) is 6.61 Å². The Kier molecular flexibility index (Phi) is 6.57. The van der Waals surface area contributed by atoms with Crippen molar-refractivity contribution in [2.75, 3.05) is 6.61 Å². The third kappa shape index (κ3) is 5.77. The van der Waals surface area contributed by atoms with Gasteiger partial charge in [-0.3, -0.25) is 4.79 Å². The maximum atomic E-state index is 11.3.